The SMILES string of the molecule is Cc1ccc(Cn2c(C)c(N3CCOCC3)c(C)c2C(=O)NCc2ccncc2)cc1. The summed E-state index contributed by atoms with van der Waals surface area (Å²) in [5, 5.41) is 3.10. The molecular weight excluding hydrogens is 388 g/mol. The van der Waals surface area contributed by atoms with Crippen LogP contribution in [-0.2, 0) is 17.8 Å². The second-order valence-electron chi connectivity index (χ2n) is 8.12. The monoisotopic (exact) mass is 418 g/mol. The van der Waals surface area contributed by atoms with Crippen LogP contribution >= 0.6 is 0 Å². The fourth-order valence-electron chi connectivity index (χ4n) is 4.27. The lowest BCUT2D eigenvalue weighted by atomic mass is 10.1. The van der Waals surface area contributed by atoms with E-state index in [4.69, 9.17) is 4.74 Å². The summed E-state index contributed by atoms with van der Waals surface area (Å²) in [7, 11) is 0. The minimum Gasteiger partial charge on any atom is -0.378 e. The predicted octanol–water partition coefficient (Wildman–Crippen LogP) is 3.62. The van der Waals surface area contributed by atoms with Gasteiger partial charge in [-0.2, -0.15) is 0 Å². The van der Waals surface area contributed by atoms with Crippen LogP contribution in [0.1, 0.15) is 38.4 Å². The van der Waals surface area contributed by atoms with Crippen molar-refractivity contribution in [2.24, 2.45) is 0 Å². The lowest BCUT2D eigenvalue weighted by Gasteiger charge is -2.29. The van der Waals surface area contributed by atoms with Gasteiger partial charge in [0.05, 0.1) is 18.9 Å². The van der Waals surface area contributed by atoms with E-state index in [1.54, 1.807) is 12.4 Å². The lowest BCUT2D eigenvalue weighted by molar-refractivity contribution is 0.0941. The molecule has 1 aliphatic rings. The van der Waals surface area contributed by atoms with Gasteiger partial charge in [0.15, 0.2) is 0 Å². The Kier molecular flexibility index (Phi) is 6.37. The van der Waals surface area contributed by atoms with E-state index < -0.39 is 0 Å². The van der Waals surface area contributed by atoms with Crippen LogP contribution < -0.4 is 10.2 Å². The van der Waals surface area contributed by atoms with Crippen LogP contribution in [0.5, 0.6) is 0 Å². The van der Waals surface area contributed by atoms with E-state index in [1.807, 2.05) is 12.1 Å². The molecule has 6 heteroatoms. The van der Waals surface area contributed by atoms with Gasteiger partial charge in [-0.1, -0.05) is 29.8 Å². The first-order valence-electron chi connectivity index (χ1n) is 10.8. The second kappa shape index (κ2) is 9.35. The summed E-state index contributed by atoms with van der Waals surface area (Å²) in [6.07, 6.45) is 3.49. The molecule has 4 rings (SSSR count). The maximum absolute atomic E-state index is 13.4. The van der Waals surface area contributed by atoms with Gasteiger partial charge in [-0.25, -0.2) is 0 Å². The molecule has 1 aromatic carbocycles. The summed E-state index contributed by atoms with van der Waals surface area (Å²) in [6.45, 7) is 10.5. The maximum Gasteiger partial charge on any atom is 0.268 e. The van der Waals surface area contributed by atoms with Crippen LogP contribution in [0.3, 0.4) is 0 Å². The topological polar surface area (TPSA) is 59.4 Å². The number of nitrogens with zero attached hydrogens (tertiary/aromatic N) is 3. The molecule has 0 spiro atoms. The smallest absolute Gasteiger partial charge is 0.268 e. The summed E-state index contributed by atoms with van der Waals surface area (Å²) in [5.41, 5.74) is 7.47. The number of ether oxygens (including phenoxy) is 1. The van der Waals surface area contributed by atoms with Gasteiger partial charge < -0.3 is 19.5 Å². The van der Waals surface area contributed by atoms with Crippen LogP contribution in [0, 0.1) is 20.8 Å². The van der Waals surface area contributed by atoms with E-state index in [1.165, 1.54) is 11.1 Å². The van der Waals surface area contributed by atoms with Gasteiger partial charge >= 0.3 is 0 Å². The summed E-state index contributed by atoms with van der Waals surface area (Å²) in [5.74, 6) is -0.0518. The molecule has 6 nitrogen and oxygen atoms in total. The average molecular weight is 419 g/mol. The van der Waals surface area contributed by atoms with E-state index in [0.29, 0.717) is 26.3 Å². The van der Waals surface area contributed by atoms with Crippen LogP contribution in [-0.4, -0.2) is 41.8 Å². The number of carbonyl (C=O) groups excluding carboxylic acids is 1. The Hall–Kier alpha value is -3.12. The molecule has 162 valence electrons. The van der Waals surface area contributed by atoms with Crippen molar-refractivity contribution in [2.75, 3.05) is 31.2 Å². The molecular formula is C25H30N4O2. The molecule has 3 aromatic rings. The third kappa shape index (κ3) is 4.64. The first kappa shape index (κ1) is 21.1. The molecule has 0 bridgehead atoms. The predicted molar refractivity (Wildman–Crippen MR) is 123 cm³/mol. The van der Waals surface area contributed by atoms with E-state index >= 15 is 0 Å². The Morgan fingerprint density at radius 2 is 1.68 bits per heavy atom. The molecule has 0 atom stereocenters. The zero-order chi connectivity index (χ0) is 21.8. The highest BCUT2D eigenvalue weighted by Gasteiger charge is 2.26. The van der Waals surface area contributed by atoms with Crippen LogP contribution in [0.4, 0.5) is 5.69 Å². The van der Waals surface area contributed by atoms with Crippen molar-refractivity contribution in [1.29, 1.82) is 0 Å². The number of aromatic nitrogens is 2. The minimum absolute atomic E-state index is 0.0518. The third-order valence-corrected chi connectivity index (χ3v) is 5.93. The van der Waals surface area contributed by atoms with Crippen molar-refractivity contribution in [3.8, 4) is 0 Å². The van der Waals surface area contributed by atoms with Crippen molar-refractivity contribution >= 4 is 11.6 Å². The number of rotatable bonds is 6. The molecule has 1 amide bonds. The van der Waals surface area contributed by atoms with Crippen molar-refractivity contribution in [3.63, 3.8) is 0 Å². The van der Waals surface area contributed by atoms with Gasteiger partial charge in [-0.15, -0.1) is 0 Å². The second-order valence-corrected chi connectivity index (χ2v) is 8.12. The van der Waals surface area contributed by atoms with Gasteiger partial charge in [-0.05, 0) is 44.0 Å². The molecule has 0 aliphatic carbocycles. The third-order valence-electron chi connectivity index (χ3n) is 5.93. The highest BCUT2D eigenvalue weighted by atomic mass is 16.5. The molecule has 2 aromatic heterocycles. The molecule has 0 saturated carbocycles. The number of nitrogens with one attached hydrogen (secondary N) is 1. The standard InChI is InChI=1S/C25H30N4O2/c1-18-4-6-22(7-5-18)17-29-20(3)23(28-12-14-31-15-13-28)19(2)24(29)25(30)27-16-21-8-10-26-11-9-21/h4-11H,12-17H2,1-3H3,(H,27,30). The van der Waals surface area contributed by atoms with Crippen molar-refractivity contribution in [1.82, 2.24) is 14.9 Å². The Balaban J connectivity index is 1.68. The highest BCUT2D eigenvalue weighted by Crippen LogP contribution is 2.32. The number of amides is 1. The van der Waals surface area contributed by atoms with Crippen molar-refractivity contribution in [2.45, 2.75) is 33.9 Å². The van der Waals surface area contributed by atoms with Gasteiger partial charge in [-0.3, -0.25) is 9.78 Å². The number of morpholine rings is 1. The number of pyridine rings is 1. The zero-order valence-corrected chi connectivity index (χ0v) is 18.5. The Morgan fingerprint density at radius 3 is 2.35 bits per heavy atom. The first-order chi connectivity index (χ1) is 15.0. The molecule has 1 saturated heterocycles. The van der Waals surface area contributed by atoms with Crippen LogP contribution in [0.15, 0.2) is 48.8 Å². The zero-order valence-electron chi connectivity index (χ0n) is 18.5. The molecule has 3 heterocycles. The van der Waals surface area contributed by atoms with E-state index in [9.17, 15) is 4.79 Å². The number of hydrogen-bond acceptors (Lipinski definition) is 4. The maximum atomic E-state index is 13.4. The highest BCUT2D eigenvalue weighted by molar-refractivity contribution is 5.96. The van der Waals surface area contributed by atoms with Crippen LogP contribution in [0.25, 0.3) is 0 Å². The fourth-order valence-corrected chi connectivity index (χ4v) is 4.27. The first-order valence-corrected chi connectivity index (χ1v) is 10.8. The summed E-state index contributed by atoms with van der Waals surface area (Å²) >= 11 is 0. The molecule has 0 radical (unpaired) electrons. The van der Waals surface area contributed by atoms with E-state index in [2.05, 4.69) is 64.8 Å². The fraction of sp³-hybridized carbons (Fsp3) is 0.360. The summed E-state index contributed by atoms with van der Waals surface area (Å²) < 4.78 is 7.71. The average Bonchev–Trinajstić information content (AvgIpc) is 3.04. The van der Waals surface area contributed by atoms with E-state index in [0.717, 1.165) is 41.3 Å². The Bertz CT molecular complexity index is 1040. The normalized spacial score (nSPS) is 14.0. The van der Waals surface area contributed by atoms with Gasteiger partial charge in [0.25, 0.3) is 5.91 Å². The Morgan fingerprint density at radius 1 is 1.00 bits per heavy atom. The minimum atomic E-state index is -0.0518. The molecule has 1 aliphatic heterocycles. The van der Waals surface area contributed by atoms with Crippen molar-refractivity contribution in [3.05, 3.63) is 82.4 Å². The number of hydrogen-bond donors (Lipinski definition) is 1. The number of aryl methyl sites for hydroxylation is 1. The number of carbonyl (C=O) groups is 1. The Labute approximate surface area is 183 Å². The molecule has 1 fully saturated rings. The van der Waals surface area contributed by atoms with Gasteiger partial charge in [0.1, 0.15) is 5.69 Å². The molecule has 0 unspecified atom stereocenters. The lowest BCUT2D eigenvalue weighted by Crippen LogP contribution is -2.36. The van der Waals surface area contributed by atoms with Crippen LogP contribution in [0.2, 0.25) is 0 Å². The summed E-state index contributed by atoms with van der Waals surface area (Å²) in [4.78, 5) is 19.8. The largest absolute Gasteiger partial charge is 0.378 e. The van der Waals surface area contributed by atoms with Gasteiger partial charge in [0.2, 0.25) is 0 Å². The summed E-state index contributed by atoms with van der Waals surface area (Å²) in [6, 6.07) is 12.3. The van der Waals surface area contributed by atoms with Crippen molar-refractivity contribution < 1.29 is 9.53 Å². The number of benzene rings is 1. The molecule has 1 N–H and O–H groups in total. The molecule has 31 heavy (non-hydrogen) atoms. The number of anilines is 1. The van der Waals surface area contributed by atoms with E-state index in [-0.39, 0.29) is 5.91 Å². The van der Waals surface area contributed by atoms with Gasteiger partial charge in [0, 0.05) is 49.8 Å². The quantitative estimate of drug-likeness (QED) is 0.664.